The Balaban J connectivity index is 2.44. The van der Waals surface area contributed by atoms with Crippen molar-refractivity contribution in [2.45, 2.75) is 56.6 Å². The zero-order chi connectivity index (χ0) is 19.3. The van der Waals surface area contributed by atoms with Crippen LogP contribution in [0.1, 0.15) is 39.5 Å². The highest BCUT2D eigenvalue weighted by Gasteiger charge is 2.35. The van der Waals surface area contributed by atoms with Crippen LogP contribution in [0.25, 0.3) is 0 Å². The van der Waals surface area contributed by atoms with Gasteiger partial charge in [0.1, 0.15) is 10.7 Å². The van der Waals surface area contributed by atoms with Crippen molar-refractivity contribution in [3.05, 3.63) is 24.3 Å². The number of aliphatic hydroxyl groups excluding tert-OH is 1. The lowest BCUT2D eigenvalue weighted by Crippen LogP contribution is -2.45. The fourth-order valence-corrected chi connectivity index (χ4v) is 5.27. The summed E-state index contributed by atoms with van der Waals surface area (Å²) in [6, 6.07) is 6.38. The normalized spacial score (nSPS) is 23.2. The number of amidine groups is 1. The van der Waals surface area contributed by atoms with Gasteiger partial charge in [-0.25, -0.2) is 13.4 Å². The summed E-state index contributed by atoms with van der Waals surface area (Å²) in [7, 11) is -3.83. The van der Waals surface area contributed by atoms with Gasteiger partial charge in [-0.15, -0.1) is 11.6 Å². The van der Waals surface area contributed by atoms with Crippen molar-refractivity contribution < 1.29 is 13.5 Å². The summed E-state index contributed by atoms with van der Waals surface area (Å²) in [6.45, 7) is 3.84. The van der Waals surface area contributed by atoms with Crippen LogP contribution in [0.5, 0.6) is 0 Å². The molecular formula is C18H28ClN3O3S. The maximum atomic E-state index is 13.4. The molecule has 26 heavy (non-hydrogen) atoms. The zero-order valence-corrected chi connectivity index (χ0v) is 16.9. The molecule has 0 heterocycles. The van der Waals surface area contributed by atoms with E-state index in [0.717, 1.165) is 25.7 Å². The van der Waals surface area contributed by atoms with E-state index in [9.17, 15) is 13.5 Å². The minimum Gasteiger partial charge on any atom is -0.392 e. The van der Waals surface area contributed by atoms with Gasteiger partial charge in [-0.2, -0.15) is 4.31 Å². The number of sulfonamides is 1. The quantitative estimate of drug-likeness (QED) is 0.417. The number of benzene rings is 1. The predicted octanol–water partition coefficient (Wildman–Crippen LogP) is 2.86. The Hall–Kier alpha value is -1.15. The molecule has 6 nitrogen and oxygen atoms in total. The number of halogens is 1. The Bertz CT molecular complexity index is 729. The van der Waals surface area contributed by atoms with Crippen LogP contribution in [0.4, 0.5) is 5.69 Å². The molecule has 1 saturated carbocycles. The summed E-state index contributed by atoms with van der Waals surface area (Å²) < 4.78 is 28.3. The van der Waals surface area contributed by atoms with Crippen molar-refractivity contribution in [3.8, 4) is 0 Å². The van der Waals surface area contributed by atoms with E-state index in [4.69, 9.17) is 17.3 Å². The van der Waals surface area contributed by atoms with Crippen molar-refractivity contribution in [2.24, 2.45) is 16.6 Å². The van der Waals surface area contributed by atoms with Crippen molar-refractivity contribution in [2.75, 3.05) is 12.4 Å². The molecule has 0 aliphatic heterocycles. The first-order valence-electron chi connectivity index (χ1n) is 8.93. The van der Waals surface area contributed by atoms with Crippen LogP contribution in [-0.4, -0.2) is 48.2 Å². The molecule has 1 atom stereocenters. The first kappa shape index (κ1) is 21.2. The number of nitrogens with two attached hydrogens (primary N) is 1. The molecule has 1 aliphatic carbocycles. The lowest BCUT2D eigenvalue weighted by Gasteiger charge is -2.36. The largest absolute Gasteiger partial charge is 0.392 e. The molecule has 0 amide bonds. The van der Waals surface area contributed by atoms with Crippen molar-refractivity contribution >= 4 is 33.1 Å². The van der Waals surface area contributed by atoms with Crippen LogP contribution >= 0.6 is 11.6 Å². The summed E-state index contributed by atoms with van der Waals surface area (Å²) in [4.78, 5) is 4.25. The van der Waals surface area contributed by atoms with Gasteiger partial charge in [0.25, 0.3) is 0 Å². The lowest BCUT2D eigenvalue weighted by molar-refractivity contribution is 0.130. The lowest BCUT2D eigenvalue weighted by atomic mass is 9.87. The molecule has 3 N–H and O–H groups in total. The van der Waals surface area contributed by atoms with Crippen LogP contribution in [-0.2, 0) is 10.0 Å². The van der Waals surface area contributed by atoms with Gasteiger partial charge in [-0.1, -0.05) is 19.1 Å². The highest BCUT2D eigenvalue weighted by atomic mass is 35.5. The molecule has 1 aromatic rings. The summed E-state index contributed by atoms with van der Waals surface area (Å²) >= 11 is 5.69. The number of aliphatic hydroxyl groups is 1. The Kier molecular flexibility index (Phi) is 7.46. The molecule has 0 radical (unpaired) electrons. The number of alkyl halides is 1. The third-order valence-corrected chi connectivity index (χ3v) is 6.93. The van der Waals surface area contributed by atoms with E-state index in [2.05, 4.69) is 11.9 Å². The highest BCUT2D eigenvalue weighted by molar-refractivity contribution is 7.89. The van der Waals surface area contributed by atoms with E-state index in [-0.39, 0.29) is 34.9 Å². The number of rotatable bonds is 7. The Morgan fingerprint density at radius 3 is 2.54 bits per heavy atom. The van der Waals surface area contributed by atoms with Gasteiger partial charge < -0.3 is 10.8 Å². The molecule has 0 saturated heterocycles. The van der Waals surface area contributed by atoms with Gasteiger partial charge in [0.05, 0.1) is 17.7 Å². The average Bonchev–Trinajstić information content (AvgIpc) is 2.60. The summed E-state index contributed by atoms with van der Waals surface area (Å²) in [5, 5.41) is 9.90. The highest BCUT2D eigenvalue weighted by Crippen LogP contribution is 2.33. The van der Waals surface area contributed by atoms with Crippen LogP contribution in [0, 0.1) is 5.92 Å². The van der Waals surface area contributed by atoms with Gasteiger partial charge in [0, 0.05) is 12.6 Å². The molecule has 1 aliphatic rings. The first-order chi connectivity index (χ1) is 12.3. The molecule has 146 valence electrons. The van der Waals surface area contributed by atoms with Crippen LogP contribution in [0.3, 0.4) is 0 Å². The van der Waals surface area contributed by atoms with Crippen LogP contribution in [0.15, 0.2) is 34.2 Å². The minimum atomic E-state index is -3.83. The predicted molar refractivity (Wildman–Crippen MR) is 105 cm³/mol. The summed E-state index contributed by atoms with van der Waals surface area (Å²) in [5.74, 6) is 0.775. The molecule has 2 rings (SSSR count). The summed E-state index contributed by atoms with van der Waals surface area (Å²) in [6.07, 6.45) is 2.79. The molecule has 0 spiro atoms. The zero-order valence-electron chi connectivity index (χ0n) is 15.3. The second-order valence-corrected chi connectivity index (χ2v) is 9.17. The van der Waals surface area contributed by atoms with E-state index in [0.29, 0.717) is 5.92 Å². The third kappa shape index (κ3) is 5.19. The second kappa shape index (κ2) is 9.17. The molecule has 1 unspecified atom stereocenters. The fourth-order valence-electron chi connectivity index (χ4n) is 3.31. The smallest absolute Gasteiger partial charge is 0.245 e. The van der Waals surface area contributed by atoms with Gasteiger partial charge >= 0.3 is 0 Å². The van der Waals surface area contributed by atoms with E-state index < -0.39 is 16.1 Å². The Morgan fingerprint density at radius 2 is 1.96 bits per heavy atom. The van der Waals surface area contributed by atoms with E-state index >= 15 is 0 Å². The van der Waals surface area contributed by atoms with Gasteiger partial charge in [-0.05, 0) is 50.7 Å². The average molecular weight is 402 g/mol. The number of nitrogens with zero attached hydrogens (tertiary/aromatic N) is 2. The number of hydrogen-bond donors (Lipinski definition) is 2. The Morgan fingerprint density at radius 1 is 1.35 bits per heavy atom. The minimum absolute atomic E-state index is 0.0201. The molecule has 0 aromatic heterocycles. The van der Waals surface area contributed by atoms with E-state index in [1.54, 1.807) is 25.1 Å². The van der Waals surface area contributed by atoms with Crippen molar-refractivity contribution in [1.82, 2.24) is 4.31 Å². The fraction of sp³-hybridized carbons (Fsp3) is 0.611. The monoisotopic (exact) mass is 401 g/mol. The number of aliphatic imine (C=N–C) groups is 1. The van der Waals surface area contributed by atoms with Crippen molar-refractivity contribution in [1.29, 1.82) is 0 Å². The molecule has 1 aromatic carbocycles. The number of para-hydroxylation sites is 1. The molecule has 8 heteroatoms. The SMILES string of the molecule is CC(O)CN(C1CCC(C)CC1)S(=O)(=O)c1ccccc1N=C(N)CCl. The standard InChI is InChI=1S/C18H28ClN3O3S/c1-13-7-9-15(10-8-13)22(12-14(2)23)26(24,25)17-6-4-3-5-16(17)21-18(20)11-19/h3-6,13-15,23H,7-12H2,1-2H3,(H2,20,21). The van der Waals surface area contributed by atoms with E-state index in [1.807, 2.05) is 0 Å². The second-order valence-electron chi connectivity index (χ2n) is 7.04. The van der Waals surface area contributed by atoms with Gasteiger partial charge in [0.15, 0.2) is 0 Å². The van der Waals surface area contributed by atoms with Gasteiger partial charge in [-0.3, -0.25) is 0 Å². The van der Waals surface area contributed by atoms with Crippen LogP contribution in [0.2, 0.25) is 0 Å². The maximum Gasteiger partial charge on any atom is 0.245 e. The number of hydrogen-bond acceptors (Lipinski definition) is 4. The first-order valence-corrected chi connectivity index (χ1v) is 10.9. The molecule has 0 bridgehead atoms. The van der Waals surface area contributed by atoms with E-state index in [1.165, 1.54) is 10.4 Å². The topological polar surface area (TPSA) is 96.0 Å². The van der Waals surface area contributed by atoms with Crippen molar-refractivity contribution in [3.63, 3.8) is 0 Å². The third-order valence-electron chi connectivity index (χ3n) is 4.69. The molecular weight excluding hydrogens is 374 g/mol. The summed E-state index contributed by atoms with van der Waals surface area (Å²) in [5.41, 5.74) is 5.97. The maximum absolute atomic E-state index is 13.4. The van der Waals surface area contributed by atoms with Crippen LogP contribution < -0.4 is 5.73 Å². The van der Waals surface area contributed by atoms with Gasteiger partial charge in [0.2, 0.25) is 10.0 Å². The Labute approximate surface area is 161 Å². The molecule has 1 fully saturated rings.